The molecule has 0 bridgehead atoms. The van der Waals surface area contributed by atoms with Crippen LogP contribution in [-0.4, -0.2) is 41.5 Å². The Morgan fingerprint density at radius 3 is 2.75 bits per heavy atom. The number of anilines is 2. The number of nitrogens with one attached hydrogen (secondary N) is 1. The van der Waals surface area contributed by atoms with E-state index in [4.69, 9.17) is 14.5 Å². The highest BCUT2D eigenvalue weighted by Crippen LogP contribution is 2.40. The van der Waals surface area contributed by atoms with E-state index in [0.717, 1.165) is 26.8 Å². The summed E-state index contributed by atoms with van der Waals surface area (Å²) in [6, 6.07) is 18.4. The van der Waals surface area contributed by atoms with Gasteiger partial charge >= 0.3 is 0 Å². The van der Waals surface area contributed by atoms with Gasteiger partial charge in [-0.3, -0.25) is 19.5 Å². The number of amides is 2. The van der Waals surface area contributed by atoms with E-state index in [9.17, 15) is 9.59 Å². The molecular formula is C27H24N4O4S. The molecule has 2 aromatic carbocycles. The van der Waals surface area contributed by atoms with Gasteiger partial charge in [-0.25, -0.2) is 4.98 Å². The Morgan fingerprint density at radius 1 is 1.17 bits per heavy atom. The summed E-state index contributed by atoms with van der Waals surface area (Å²) in [5, 5.41) is 3.65. The topological polar surface area (TPSA) is 93.7 Å². The third-order valence-electron chi connectivity index (χ3n) is 5.80. The van der Waals surface area contributed by atoms with Crippen LogP contribution in [0, 0.1) is 6.92 Å². The second-order valence-corrected chi connectivity index (χ2v) is 9.46. The smallest absolute Gasteiger partial charge is 0.268 e. The van der Waals surface area contributed by atoms with E-state index < -0.39 is 6.10 Å². The van der Waals surface area contributed by atoms with Gasteiger partial charge in [0.2, 0.25) is 5.91 Å². The van der Waals surface area contributed by atoms with Gasteiger partial charge in [0.15, 0.2) is 6.10 Å². The van der Waals surface area contributed by atoms with Gasteiger partial charge in [0.05, 0.1) is 29.9 Å². The number of pyridine rings is 1. The van der Waals surface area contributed by atoms with Crippen LogP contribution in [0.25, 0.3) is 22.0 Å². The van der Waals surface area contributed by atoms with E-state index in [-0.39, 0.29) is 18.4 Å². The van der Waals surface area contributed by atoms with Crippen LogP contribution >= 0.6 is 11.3 Å². The molecule has 2 aromatic heterocycles. The highest BCUT2D eigenvalue weighted by molar-refractivity contribution is 7.15. The number of carbonyl (C=O) groups is 2. The summed E-state index contributed by atoms with van der Waals surface area (Å²) in [6.45, 7) is 3.51. The number of aromatic nitrogens is 2. The van der Waals surface area contributed by atoms with Crippen LogP contribution in [0.5, 0.6) is 11.5 Å². The summed E-state index contributed by atoms with van der Waals surface area (Å²) in [5.74, 6) is 0.436. The molecule has 36 heavy (non-hydrogen) atoms. The summed E-state index contributed by atoms with van der Waals surface area (Å²) in [6.07, 6.45) is 1.03. The van der Waals surface area contributed by atoms with Crippen LogP contribution in [0.2, 0.25) is 0 Å². The summed E-state index contributed by atoms with van der Waals surface area (Å²) in [5.41, 5.74) is 3.49. The molecule has 1 atom stereocenters. The van der Waals surface area contributed by atoms with E-state index in [0.29, 0.717) is 22.9 Å². The van der Waals surface area contributed by atoms with Crippen LogP contribution in [0.4, 0.5) is 11.4 Å². The van der Waals surface area contributed by atoms with Crippen molar-refractivity contribution in [2.24, 2.45) is 0 Å². The molecule has 0 saturated carbocycles. The number of nitrogens with zero attached hydrogens (tertiary/aromatic N) is 3. The van der Waals surface area contributed by atoms with Crippen LogP contribution in [0.3, 0.4) is 0 Å². The molecule has 0 radical (unpaired) electrons. The highest BCUT2D eigenvalue weighted by atomic mass is 32.1. The molecule has 9 heteroatoms. The molecule has 3 heterocycles. The van der Waals surface area contributed by atoms with E-state index in [1.54, 1.807) is 42.7 Å². The first-order valence-corrected chi connectivity index (χ1v) is 12.2. The lowest BCUT2D eigenvalue weighted by molar-refractivity contribution is -0.127. The zero-order chi connectivity index (χ0) is 25.2. The Hall–Kier alpha value is -4.24. The van der Waals surface area contributed by atoms with Gasteiger partial charge in [0, 0.05) is 16.6 Å². The third-order valence-corrected chi connectivity index (χ3v) is 6.80. The normalized spacial score (nSPS) is 14.7. The number of para-hydroxylation sites is 2. The fourth-order valence-corrected chi connectivity index (χ4v) is 4.97. The SMILES string of the molecule is COc1ccccc1NC(=O)CN1C(=O)C(C)Oc2ccc(-c3nc(-c4ccccn4)sc3C)cc21. The first-order valence-electron chi connectivity index (χ1n) is 11.4. The molecule has 0 spiro atoms. The fourth-order valence-electron chi connectivity index (χ4n) is 4.06. The number of rotatable bonds is 6. The van der Waals surface area contributed by atoms with Gasteiger partial charge in [-0.15, -0.1) is 11.3 Å². The van der Waals surface area contributed by atoms with E-state index in [2.05, 4.69) is 10.3 Å². The van der Waals surface area contributed by atoms with Gasteiger partial charge in [-0.2, -0.15) is 0 Å². The summed E-state index contributed by atoms with van der Waals surface area (Å²) < 4.78 is 11.2. The van der Waals surface area contributed by atoms with Crippen molar-refractivity contribution in [1.82, 2.24) is 9.97 Å². The average molecular weight is 501 g/mol. The Balaban J connectivity index is 1.46. The zero-order valence-corrected chi connectivity index (χ0v) is 20.8. The maximum atomic E-state index is 13.1. The van der Waals surface area contributed by atoms with Crippen molar-refractivity contribution in [2.45, 2.75) is 20.0 Å². The van der Waals surface area contributed by atoms with E-state index >= 15 is 0 Å². The van der Waals surface area contributed by atoms with Crippen molar-refractivity contribution in [3.05, 3.63) is 71.7 Å². The van der Waals surface area contributed by atoms with Gasteiger partial charge in [0.25, 0.3) is 5.91 Å². The Kier molecular flexibility index (Phi) is 6.39. The molecule has 1 aliphatic rings. The first-order chi connectivity index (χ1) is 17.4. The molecule has 4 aromatic rings. The standard InChI is InChI=1S/C27H24N4O4S/c1-16-27(33)31(15-24(32)29-19-8-4-5-10-22(19)34-3)21-14-18(11-12-23(21)35-16)25-17(2)36-26(30-25)20-9-6-7-13-28-20/h4-14,16H,15H2,1-3H3,(H,29,32). The Labute approximate surface area is 212 Å². The number of fused-ring (bicyclic) bond motifs is 1. The Morgan fingerprint density at radius 2 is 1.97 bits per heavy atom. The van der Waals surface area contributed by atoms with Crippen LogP contribution in [0.1, 0.15) is 11.8 Å². The quantitative estimate of drug-likeness (QED) is 0.403. The number of carbonyl (C=O) groups excluding carboxylic acids is 2. The number of aryl methyl sites for hydroxylation is 1. The number of thiazole rings is 1. The zero-order valence-electron chi connectivity index (χ0n) is 20.0. The van der Waals surface area contributed by atoms with Crippen molar-refractivity contribution in [3.63, 3.8) is 0 Å². The molecule has 2 amide bonds. The van der Waals surface area contributed by atoms with Gasteiger partial charge in [-0.1, -0.05) is 18.2 Å². The number of hydrogen-bond acceptors (Lipinski definition) is 7. The predicted octanol–water partition coefficient (Wildman–Crippen LogP) is 4.94. The van der Waals surface area contributed by atoms with Crippen LogP contribution in [-0.2, 0) is 9.59 Å². The molecular weight excluding hydrogens is 476 g/mol. The second kappa shape index (κ2) is 9.79. The molecule has 5 rings (SSSR count). The molecule has 0 saturated heterocycles. The van der Waals surface area contributed by atoms with E-state index in [1.807, 2.05) is 49.4 Å². The lowest BCUT2D eigenvalue weighted by Gasteiger charge is -2.33. The molecule has 1 unspecified atom stereocenters. The fraction of sp³-hybridized carbons (Fsp3) is 0.185. The van der Waals surface area contributed by atoms with Crippen molar-refractivity contribution in [2.75, 3.05) is 23.9 Å². The molecule has 0 aliphatic carbocycles. The Bertz CT molecular complexity index is 1440. The maximum Gasteiger partial charge on any atom is 0.268 e. The minimum absolute atomic E-state index is 0.170. The first kappa shape index (κ1) is 23.5. The second-order valence-electron chi connectivity index (χ2n) is 8.25. The number of benzene rings is 2. The lowest BCUT2D eigenvalue weighted by Crippen LogP contribution is -2.47. The monoisotopic (exact) mass is 500 g/mol. The largest absolute Gasteiger partial charge is 0.495 e. The number of methoxy groups -OCH3 is 1. The van der Waals surface area contributed by atoms with Crippen molar-refractivity contribution >= 4 is 34.5 Å². The minimum atomic E-state index is -0.709. The van der Waals surface area contributed by atoms with Gasteiger partial charge in [-0.05, 0) is 56.3 Å². The highest BCUT2D eigenvalue weighted by Gasteiger charge is 2.33. The summed E-state index contributed by atoms with van der Waals surface area (Å²) in [4.78, 5) is 37.7. The maximum absolute atomic E-state index is 13.1. The molecule has 0 fully saturated rings. The molecule has 8 nitrogen and oxygen atoms in total. The lowest BCUT2D eigenvalue weighted by atomic mass is 10.1. The number of hydrogen-bond donors (Lipinski definition) is 1. The number of ether oxygens (including phenoxy) is 2. The van der Waals surface area contributed by atoms with E-state index in [1.165, 1.54) is 12.0 Å². The van der Waals surface area contributed by atoms with Crippen molar-refractivity contribution < 1.29 is 19.1 Å². The molecule has 1 aliphatic heterocycles. The third kappa shape index (κ3) is 4.52. The van der Waals surface area contributed by atoms with Crippen molar-refractivity contribution in [1.29, 1.82) is 0 Å². The summed E-state index contributed by atoms with van der Waals surface area (Å²) in [7, 11) is 1.54. The van der Waals surface area contributed by atoms with Gasteiger partial charge < -0.3 is 14.8 Å². The van der Waals surface area contributed by atoms with Crippen LogP contribution in [0.15, 0.2) is 66.9 Å². The molecule has 1 N–H and O–H groups in total. The predicted molar refractivity (Wildman–Crippen MR) is 140 cm³/mol. The molecule has 182 valence electrons. The minimum Gasteiger partial charge on any atom is -0.495 e. The van der Waals surface area contributed by atoms with Crippen LogP contribution < -0.4 is 19.7 Å². The average Bonchev–Trinajstić information content (AvgIpc) is 3.29. The summed E-state index contributed by atoms with van der Waals surface area (Å²) >= 11 is 1.56. The van der Waals surface area contributed by atoms with Gasteiger partial charge in [0.1, 0.15) is 23.1 Å². The van der Waals surface area contributed by atoms with Crippen molar-refractivity contribution in [3.8, 4) is 33.5 Å².